The van der Waals surface area contributed by atoms with Crippen molar-refractivity contribution in [1.29, 1.82) is 0 Å². The zero-order chi connectivity index (χ0) is 24.8. The van der Waals surface area contributed by atoms with Crippen molar-refractivity contribution in [3.05, 3.63) is 46.2 Å². The van der Waals surface area contributed by atoms with Gasteiger partial charge in [-0.25, -0.2) is 0 Å². The summed E-state index contributed by atoms with van der Waals surface area (Å²) in [4.78, 5) is 13.2. The van der Waals surface area contributed by atoms with Crippen molar-refractivity contribution in [1.82, 2.24) is 4.57 Å². The summed E-state index contributed by atoms with van der Waals surface area (Å²) in [6, 6.07) is 4.78. The van der Waals surface area contributed by atoms with Crippen LogP contribution in [0.25, 0.3) is 21.7 Å². The van der Waals surface area contributed by atoms with Gasteiger partial charge in [-0.3, -0.25) is 4.79 Å². The lowest BCUT2D eigenvalue weighted by molar-refractivity contribution is -0.376. The van der Waals surface area contributed by atoms with Crippen LogP contribution >= 0.6 is 0 Å². The lowest BCUT2D eigenvalue weighted by Gasteiger charge is -2.33. The van der Waals surface area contributed by atoms with E-state index in [-0.39, 0.29) is 39.7 Å². The molecule has 5 nitrogen and oxygen atoms in total. The topological polar surface area (TPSA) is 60.7 Å². The summed E-state index contributed by atoms with van der Waals surface area (Å²) in [7, 11) is 2.62. The highest BCUT2D eigenvalue weighted by Gasteiger charge is 2.71. The van der Waals surface area contributed by atoms with Crippen molar-refractivity contribution >= 4 is 21.7 Å². The number of benzene rings is 2. The Kier molecular flexibility index (Phi) is 6.31. The Hall–Kier alpha value is -2.95. The van der Waals surface area contributed by atoms with Crippen LogP contribution in [-0.4, -0.2) is 36.2 Å². The second-order valence-corrected chi connectivity index (χ2v) is 7.50. The van der Waals surface area contributed by atoms with E-state index in [2.05, 4.69) is 0 Å². The quantitative estimate of drug-likeness (QED) is 0.388. The molecule has 0 fully saturated rings. The third-order valence-corrected chi connectivity index (χ3v) is 5.55. The van der Waals surface area contributed by atoms with Crippen LogP contribution in [0.1, 0.15) is 25.3 Å². The zero-order valence-corrected chi connectivity index (χ0v) is 17.9. The Morgan fingerprint density at radius 1 is 0.879 bits per heavy atom. The molecular weight excluding hydrogens is 456 g/mol. The van der Waals surface area contributed by atoms with E-state index in [4.69, 9.17) is 9.47 Å². The van der Waals surface area contributed by atoms with E-state index >= 15 is 0 Å². The van der Waals surface area contributed by atoms with Gasteiger partial charge >= 0.3 is 12.4 Å². The summed E-state index contributed by atoms with van der Waals surface area (Å²) in [5, 5.41) is 9.88. The van der Waals surface area contributed by atoms with Crippen molar-refractivity contribution in [2.75, 3.05) is 14.2 Å². The Bertz CT molecular complexity index is 1230. The molecule has 0 amide bonds. The van der Waals surface area contributed by atoms with Gasteiger partial charge in [0, 0.05) is 22.9 Å². The van der Waals surface area contributed by atoms with E-state index in [0.29, 0.717) is 25.0 Å². The Labute approximate surface area is 184 Å². The number of nitrogens with zero attached hydrogens (tertiary/aromatic N) is 1. The maximum Gasteiger partial charge on any atom is 0.430 e. The first-order valence-corrected chi connectivity index (χ1v) is 9.90. The van der Waals surface area contributed by atoms with E-state index in [1.165, 1.54) is 30.9 Å². The van der Waals surface area contributed by atoms with Crippen molar-refractivity contribution < 1.29 is 40.9 Å². The van der Waals surface area contributed by atoms with E-state index in [1.807, 2.05) is 6.92 Å². The lowest BCUT2D eigenvalue weighted by Crippen LogP contribution is -2.53. The standard InChI is InChI=1S/C22H21F6NO4/c1-4-5-8-29-16-7-6-12(20(31,21(23,24)25)22(26,27)28)9-14(16)13-10-17(32-2)18(33-3)11-15(13)19(29)30/h6-7,9-11,31H,4-5,8H2,1-3H3. The van der Waals surface area contributed by atoms with Gasteiger partial charge in [0.2, 0.25) is 0 Å². The summed E-state index contributed by atoms with van der Waals surface area (Å²) >= 11 is 0. The normalized spacial score (nSPS) is 13.0. The average Bonchev–Trinajstić information content (AvgIpc) is 2.75. The lowest BCUT2D eigenvalue weighted by atomic mass is 9.90. The molecule has 0 radical (unpaired) electrons. The molecule has 1 N–H and O–H groups in total. The monoisotopic (exact) mass is 477 g/mol. The zero-order valence-electron chi connectivity index (χ0n) is 17.9. The van der Waals surface area contributed by atoms with Gasteiger partial charge in [0.05, 0.1) is 25.1 Å². The molecule has 11 heteroatoms. The van der Waals surface area contributed by atoms with Crippen LogP contribution in [0.15, 0.2) is 35.1 Å². The average molecular weight is 477 g/mol. The third kappa shape index (κ3) is 3.88. The van der Waals surface area contributed by atoms with Gasteiger partial charge in [-0.15, -0.1) is 0 Å². The minimum Gasteiger partial charge on any atom is -0.493 e. The largest absolute Gasteiger partial charge is 0.493 e. The molecule has 0 saturated carbocycles. The summed E-state index contributed by atoms with van der Waals surface area (Å²) < 4.78 is 92.5. The number of rotatable bonds is 6. The number of aromatic nitrogens is 1. The second-order valence-electron chi connectivity index (χ2n) is 7.50. The Morgan fingerprint density at radius 3 is 1.91 bits per heavy atom. The number of aryl methyl sites for hydroxylation is 1. The minimum absolute atomic E-state index is 0.0240. The molecule has 2 aromatic carbocycles. The van der Waals surface area contributed by atoms with Crippen molar-refractivity contribution in [2.24, 2.45) is 0 Å². The van der Waals surface area contributed by atoms with Crippen LogP contribution in [0.3, 0.4) is 0 Å². The van der Waals surface area contributed by atoms with Crippen LogP contribution < -0.4 is 15.0 Å². The molecule has 1 heterocycles. The third-order valence-electron chi connectivity index (χ3n) is 5.55. The van der Waals surface area contributed by atoms with Gasteiger partial charge in [-0.1, -0.05) is 19.4 Å². The van der Waals surface area contributed by atoms with Gasteiger partial charge in [-0.2, -0.15) is 26.3 Å². The van der Waals surface area contributed by atoms with E-state index in [1.54, 1.807) is 0 Å². The first kappa shape index (κ1) is 24.7. The number of methoxy groups -OCH3 is 2. The minimum atomic E-state index is -6.04. The van der Waals surface area contributed by atoms with E-state index < -0.39 is 29.1 Å². The van der Waals surface area contributed by atoms with Crippen LogP contribution in [-0.2, 0) is 12.1 Å². The first-order valence-electron chi connectivity index (χ1n) is 9.90. The van der Waals surface area contributed by atoms with Crippen LogP contribution in [0.5, 0.6) is 11.5 Å². The van der Waals surface area contributed by atoms with Crippen LogP contribution in [0.2, 0.25) is 0 Å². The molecular formula is C22H21F6NO4. The van der Waals surface area contributed by atoms with Gasteiger partial charge in [0.15, 0.2) is 11.5 Å². The number of fused-ring (bicyclic) bond motifs is 3. The van der Waals surface area contributed by atoms with E-state index in [9.17, 15) is 36.2 Å². The fourth-order valence-corrected chi connectivity index (χ4v) is 3.77. The molecule has 0 bridgehead atoms. The predicted octanol–water partition coefficient (Wildman–Crippen LogP) is 5.28. The molecule has 0 aliphatic carbocycles. The van der Waals surface area contributed by atoms with Gasteiger partial charge in [-0.05, 0) is 30.7 Å². The number of hydrogen-bond acceptors (Lipinski definition) is 4. The molecule has 0 unspecified atom stereocenters. The first-order chi connectivity index (χ1) is 15.3. The fraction of sp³-hybridized carbons (Fsp3) is 0.409. The highest BCUT2D eigenvalue weighted by atomic mass is 19.4. The highest BCUT2D eigenvalue weighted by molar-refractivity contribution is 6.07. The molecule has 180 valence electrons. The fourth-order valence-electron chi connectivity index (χ4n) is 3.77. The Balaban J connectivity index is 2.51. The number of hydrogen-bond donors (Lipinski definition) is 1. The summed E-state index contributed by atoms with van der Waals surface area (Å²) in [6.45, 7) is 2.06. The van der Waals surface area contributed by atoms with E-state index in [0.717, 1.165) is 6.07 Å². The summed E-state index contributed by atoms with van der Waals surface area (Å²) in [5.41, 5.74) is -6.86. The molecule has 1 aromatic heterocycles. The number of ether oxygens (including phenoxy) is 2. The molecule has 0 atom stereocenters. The molecule has 3 aromatic rings. The van der Waals surface area contributed by atoms with Crippen molar-refractivity contribution in [2.45, 2.75) is 44.3 Å². The number of halogens is 6. The van der Waals surface area contributed by atoms with Crippen molar-refractivity contribution in [3.8, 4) is 11.5 Å². The number of unbranched alkanes of at least 4 members (excludes halogenated alkanes) is 1. The highest BCUT2D eigenvalue weighted by Crippen LogP contribution is 2.50. The van der Waals surface area contributed by atoms with Gasteiger partial charge in [0.1, 0.15) is 0 Å². The van der Waals surface area contributed by atoms with Crippen LogP contribution in [0.4, 0.5) is 26.3 Å². The molecule has 0 aliphatic rings. The molecule has 3 rings (SSSR count). The molecule has 0 saturated heterocycles. The SMILES string of the molecule is CCCCn1c(=O)c2cc(OC)c(OC)cc2c2cc(C(O)(C(F)(F)F)C(F)(F)F)ccc21. The Morgan fingerprint density at radius 2 is 1.42 bits per heavy atom. The van der Waals surface area contributed by atoms with Crippen LogP contribution in [0, 0.1) is 0 Å². The predicted molar refractivity (Wildman–Crippen MR) is 110 cm³/mol. The summed E-state index contributed by atoms with van der Waals surface area (Å²) in [5.74, 6) is 0.297. The number of alkyl halides is 6. The van der Waals surface area contributed by atoms with Crippen molar-refractivity contribution in [3.63, 3.8) is 0 Å². The molecule has 33 heavy (non-hydrogen) atoms. The smallest absolute Gasteiger partial charge is 0.430 e. The molecule has 0 spiro atoms. The summed E-state index contributed by atoms with van der Waals surface area (Å²) in [6.07, 6.45) is -10.8. The number of pyridine rings is 1. The molecule has 0 aliphatic heterocycles. The maximum atomic E-state index is 13.5. The van der Waals surface area contributed by atoms with Gasteiger partial charge in [0.25, 0.3) is 11.2 Å². The number of aliphatic hydroxyl groups is 1. The van der Waals surface area contributed by atoms with Gasteiger partial charge < -0.3 is 19.1 Å². The second kappa shape index (κ2) is 8.44. The maximum absolute atomic E-state index is 13.5.